The summed E-state index contributed by atoms with van der Waals surface area (Å²) in [5, 5.41) is 11.7. The molecule has 3 rings (SSSR count). The number of hydrogen-bond donors (Lipinski definition) is 2. The van der Waals surface area contributed by atoms with Gasteiger partial charge in [0, 0.05) is 34.8 Å². The number of fused-ring (bicyclic) bond motifs is 3. The van der Waals surface area contributed by atoms with Crippen LogP contribution in [0.2, 0.25) is 0 Å². The zero-order valence-corrected chi connectivity index (χ0v) is 9.27. The molecule has 17 heavy (non-hydrogen) atoms. The Morgan fingerprint density at radius 2 is 2.29 bits per heavy atom. The molecule has 5 nitrogen and oxygen atoms in total. The summed E-state index contributed by atoms with van der Waals surface area (Å²) in [5.41, 5.74) is 9.39. The van der Waals surface area contributed by atoms with Crippen LogP contribution in [0.5, 0.6) is 0 Å². The second-order valence-corrected chi connectivity index (χ2v) is 4.57. The molecule has 0 saturated heterocycles. The number of rotatable bonds is 1. The van der Waals surface area contributed by atoms with Gasteiger partial charge in [-0.05, 0) is 30.9 Å². The number of aromatic nitrogens is 1. The fourth-order valence-corrected chi connectivity index (χ4v) is 2.55. The van der Waals surface area contributed by atoms with Crippen LogP contribution in [0, 0.1) is 10.1 Å². The van der Waals surface area contributed by atoms with Crippen molar-refractivity contribution in [2.75, 3.05) is 0 Å². The zero-order chi connectivity index (χ0) is 12.0. The minimum atomic E-state index is -0.360. The fourth-order valence-electron chi connectivity index (χ4n) is 2.55. The van der Waals surface area contributed by atoms with Crippen LogP contribution >= 0.6 is 0 Å². The van der Waals surface area contributed by atoms with Gasteiger partial charge in [-0.25, -0.2) is 0 Å². The number of non-ortho nitro benzene ring substituents is 1. The van der Waals surface area contributed by atoms with Crippen LogP contribution < -0.4 is 5.73 Å². The molecular weight excluding hydrogens is 218 g/mol. The lowest BCUT2D eigenvalue weighted by atomic mass is 9.92. The van der Waals surface area contributed by atoms with E-state index in [1.165, 1.54) is 11.8 Å². The SMILES string of the molecule is NC1CCc2[nH]c3ccc([N+](=O)[O-])cc3c2C1. The average molecular weight is 231 g/mol. The Bertz CT molecular complexity index is 603. The third-order valence-corrected chi connectivity index (χ3v) is 3.42. The van der Waals surface area contributed by atoms with E-state index in [0.717, 1.165) is 35.7 Å². The molecular formula is C12H13N3O2. The molecule has 0 saturated carbocycles. The van der Waals surface area contributed by atoms with Crippen molar-refractivity contribution in [3.8, 4) is 0 Å². The van der Waals surface area contributed by atoms with Gasteiger partial charge in [0.05, 0.1) is 4.92 Å². The topological polar surface area (TPSA) is 85.0 Å². The van der Waals surface area contributed by atoms with E-state index in [1.54, 1.807) is 12.1 Å². The number of H-pyrrole nitrogens is 1. The summed E-state index contributed by atoms with van der Waals surface area (Å²) in [6, 6.07) is 5.12. The molecule has 0 amide bonds. The standard InChI is InChI=1S/C12H13N3O2/c13-7-1-3-11-9(5-7)10-6-8(15(16)17)2-4-12(10)14-11/h2,4,6-7,14H,1,3,5,13H2. The summed E-state index contributed by atoms with van der Waals surface area (Å²) < 4.78 is 0. The Hall–Kier alpha value is -1.88. The van der Waals surface area contributed by atoms with E-state index in [1.807, 2.05) is 0 Å². The summed E-state index contributed by atoms with van der Waals surface area (Å²) in [4.78, 5) is 13.7. The third-order valence-electron chi connectivity index (χ3n) is 3.42. The third kappa shape index (κ3) is 1.59. The maximum atomic E-state index is 10.8. The summed E-state index contributed by atoms with van der Waals surface area (Å²) in [5.74, 6) is 0. The molecule has 0 aliphatic heterocycles. The summed E-state index contributed by atoms with van der Waals surface area (Å²) in [6.45, 7) is 0. The number of nitrogens with zero attached hydrogens (tertiary/aromatic N) is 1. The Kier molecular flexibility index (Phi) is 2.16. The molecule has 1 unspecified atom stereocenters. The lowest BCUT2D eigenvalue weighted by Gasteiger charge is -2.17. The van der Waals surface area contributed by atoms with E-state index in [9.17, 15) is 10.1 Å². The van der Waals surface area contributed by atoms with E-state index in [0.29, 0.717) is 0 Å². The van der Waals surface area contributed by atoms with Crippen molar-refractivity contribution in [3.63, 3.8) is 0 Å². The first-order chi connectivity index (χ1) is 8.15. The number of nitro groups is 1. The van der Waals surface area contributed by atoms with Crippen molar-refractivity contribution in [2.45, 2.75) is 25.3 Å². The quantitative estimate of drug-likeness (QED) is 0.580. The van der Waals surface area contributed by atoms with Gasteiger partial charge in [-0.1, -0.05) is 0 Å². The first kappa shape index (κ1) is 10.3. The second kappa shape index (κ2) is 3.56. The number of aromatic amines is 1. The molecule has 0 bridgehead atoms. The molecule has 1 atom stereocenters. The van der Waals surface area contributed by atoms with Gasteiger partial charge in [0.2, 0.25) is 0 Å². The number of benzene rings is 1. The molecule has 0 radical (unpaired) electrons. The lowest BCUT2D eigenvalue weighted by Crippen LogP contribution is -2.27. The highest BCUT2D eigenvalue weighted by Gasteiger charge is 2.21. The molecule has 0 fully saturated rings. The normalized spacial score (nSPS) is 19.2. The monoisotopic (exact) mass is 231 g/mol. The van der Waals surface area contributed by atoms with Gasteiger partial charge in [-0.2, -0.15) is 0 Å². The highest BCUT2D eigenvalue weighted by atomic mass is 16.6. The molecule has 0 spiro atoms. The smallest absolute Gasteiger partial charge is 0.270 e. The van der Waals surface area contributed by atoms with Gasteiger partial charge in [-0.15, -0.1) is 0 Å². The van der Waals surface area contributed by atoms with Crippen LogP contribution in [0.4, 0.5) is 5.69 Å². The number of aryl methyl sites for hydroxylation is 1. The van der Waals surface area contributed by atoms with E-state index < -0.39 is 0 Å². The fraction of sp³-hybridized carbons (Fsp3) is 0.333. The van der Waals surface area contributed by atoms with Crippen LogP contribution in [-0.2, 0) is 12.8 Å². The Labute approximate surface area is 97.8 Å². The van der Waals surface area contributed by atoms with Crippen LogP contribution in [-0.4, -0.2) is 15.9 Å². The molecule has 3 N–H and O–H groups in total. The van der Waals surface area contributed by atoms with Crippen LogP contribution in [0.15, 0.2) is 18.2 Å². The predicted molar refractivity (Wildman–Crippen MR) is 65.0 cm³/mol. The zero-order valence-electron chi connectivity index (χ0n) is 9.27. The maximum absolute atomic E-state index is 10.8. The van der Waals surface area contributed by atoms with Gasteiger partial charge in [0.15, 0.2) is 0 Å². The van der Waals surface area contributed by atoms with Gasteiger partial charge in [0.25, 0.3) is 5.69 Å². The van der Waals surface area contributed by atoms with E-state index >= 15 is 0 Å². The molecule has 88 valence electrons. The highest BCUT2D eigenvalue weighted by Crippen LogP contribution is 2.30. The van der Waals surface area contributed by atoms with E-state index in [4.69, 9.17) is 5.73 Å². The van der Waals surface area contributed by atoms with Gasteiger partial charge >= 0.3 is 0 Å². The van der Waals surface area contributed by atoms with Crippen molar-refractivity contribution in [2.24, 2.45) is 5.73 Å². The van der Waals surface area contributed by atoms with Crippen molar-refractivity contribution >= 4 is 16.6 Å². The number of nitrogens with one attached hydrogen (secondary N) is 1. The van der Waals surface area contributed by atoms with Crippen molar-refractivity contribution in [1.29, 1.82) is 0 Å². The lowest BCUT2D eigenvalue weighted by molar-refractivity contribution is -0.384. The summed E-state index contributed by atoms with van der Waals surface area (Å²) >= 11 is 0. The van der Waals surface area contributed by atoms with Gasteiger partial charge in [-0.3, -0.25) is 10.1 Å². The molecule has 1 aliphatic carbocycles. The first-order valence-corrected chi connectivity index (χ1v) is 5.68. The average Bonchev–Trinajstić information content (AvgIpc) is 2.66. The number of hydrogen-bond acceptors (Lipinski definition) is 3. The molecule has 5 heteroatoms. The molecule has 2 aromatic rings. The Morgan fingerprint density at radius 1 is 1.47 bits per heavy atom. The van der Waals surface area contributed by atoms with E-state index in [2.05, 4.69) is 4.98 Å². The van der Waals surface area contributed by atoms with Crippen LogP contribution in [0.3, 0.4) is 0 Å². The van der Waals surface area contributed by atoms with Gasteiger partial charge in [0.1, 0.15) is 0 Å². The molecule has 1 aromatic heterocycles. The summed E-state index contributed by atoms with van der Waals surface area (Å²) in [6.07, 6.45) is 2.71. The largest absolute Gasteiger partial charge is 0.358 e. The Balaban J connectivity index is 2.21. The van der Waals surface area contributed by atoms with Crippen LogP contribution in [0.25, 0.3) is 10.9 Å². The highest BCUT2D eigenvalue weighted by molar-refractivity contribution is 5.87. The molecule has 1 aliphatic rings. The van der Waals surface area contributed by atoms with Crippen molar-refractivity contribution in [3.05, 3.63) is 39.6 Å². The Morgan fingerprint density at radius 3 is 3.06 bits per heavy atom. The second-order valence-electron chi connectivity index (χ2n) is 4.57. The van der Waals surface area contributed by atoms with Crippen LogP contribution in [0.1, 0.15) is 17.7 Å². The minimum absolute atomic E-state index is 0.137. The van der Waals surface area contributed by atoms with Gasteiger partial charge < -0.3 is 10.7 Å². The number of nitro benzene ring substituents is 1. The first-order valence-electron chi connectivity index (χ1n) is 5.68. The predicted octanol–water partition coefficient (Wildman–Crippen LogP) is 1.89. The molecule has 1 heterocycles. The minimum Gasteiger partial charge on any atom is -0.358 e. The molecule has 1 aromatic carbocycles. The van der Waals surface area contributed by atoms with E-state index in [-0.39, 0.29) is 16.7 Å². The van der Waals surface area contributed by atoms with Crippen molar-refractivity contribution < 1.29 is 4.92 Å². The maximum Gasteiger partial charge on any atom is 0.270 e. The number of nitrogens with two attached hydrogens (primary N) is 1. The van der Waals surface area contributed by atoms with Crippen molar-refractivity contribution in [1.82, 2.24) is 4.98 Å². The summed E-state index contributed by atoms with van der Waals surface area (Å²) in [7, 11) is 0.